The van der Waals surface area contributed by atoms with Gasteiger partial charge >= 0.3 is 11.9 Å². The van der Waals surface area contributed by atoms with Crippen LogP contribution < -0.4 is 0 Å². The standard InChI is InChI=1S/C20H16N2O4S2/c1-25-18(23)16-17(19(24)26-2)28-20(27-16)15(13-9-5-3-6-10-13)22-21-14-11-7-4-8-12-14/h3-12H,1-2H3. The van der Waals surface area contributed by atoms with E-state index in [1.807, 2.05) is 60.7 Å². The highest BCUT2D eigenvalue weighted by Crippen LogP contribution is 2.53. The van der Waals surface area contributed by atoms with Crippen molar-refractivity contribution in [1.29, 1.82) is 0 Å². The second-order valence-corrected chi connectivity index (χ2v) is 7.68. The SMILES string of the molecule is COC(=O)C1=C(C(=O)OC)SC(=C(N=Nc2ccccc2)c2ccccc2)S1. The molecule has 1 aliphatic heterocycles. The van der Waals surface area contributed by atoms with Crippen molar-refractivity contribution in [3.63, 3.8) is 0 Å². The maximum absolute atomic E-state index is 12.1. The molecule has 142 valence electrons. The van der Waals surface area contributed by atoms with Crippen LogP contribution in [0.15, 0.2) is 84.9 Å². The molecule has 0 fully saturated rings. The van der Waals surface area contributed by atoms with E-state index in [4.69, 9.17) is 9.47 Å². The van der Waals surface area contributed by atoms with Gasteiger partial charge in [0.15, 0.2) is 0 Å². The molecule has 2 aromatic rings. The van der Waals surface area contributed by atoms with E-state index in [0.29, 0.717) is 15.6 Å². The first-order valence-electron chi connectivity index (χ1n) is 8.17. The molecular weight excluding hydrogens is 396 g/mol. The van der Waals surface area contributed by atoms with Gasteiger partial charge in [0.2, 0.25) is 0 Å². The average Bonchev–Trinajstić information content (AvgIpc) is 3.19. The molecule has 0 bridgehead atoms. The highest BCUT2D eigenvalue weighted by atomic mass is 32.2. The summed E-state index contributed by atoms with van der Waals surface area (Å²) in [6.07, 6.45) is 0. The largest absolute Gasteiger partial charge is 0.465 e. The molecule has 0 N–H and O–H groups in total. The molecule has 0 amide bonds. The number of carbonyl (C=O) groups is 2. The summed E-state index contributed by atoms with van der Waals surface area (Å²) in [4.78, 5) is 24.6. The van der Waals surface area contributed by atoms with Crippen molar-refractivity contribution in [2.75, 3.05) is 14.2 Å². The molecule has 3 rings (SSSR count). The van der Waals surface area contributed by atoms with Gasteiger partial charge in [-0.15, -0.1) is 5.11 Å². The van der Waals surface area contributed by atoms with Crippen molar-refractivity contribution in [3.8, 4) is 0 Å². The van der Waals surface area contributed by atoms with Crippen molar-refractivity contribution in [3.05, 3.63) is 80.3 Å². The molecule has 0 aromatic heterocycles. The Morgan fingerprint density at radius 1 is 0.786 bits per heavy atom. The summed E-state index contributed by atoms with van der Waals surface area (Å²) >= 11 is 2.25. The Bertz CT molecular complexity index is 940. The van der Waals surface area contributed by atoms with Crippen LogP contribution in [-0.2, 0) is 19.1 Å². The van der Waals surface area contributed by atoms with Crippen molar-refractivity contribution in [2.45, 2.75) is 0 Å². The lowest BCUT2D eigenvalue weighted by atomic mass is 10.2. The zero-order valence-corrected chi connectivity index (χ0v) is 16.8. The van der Waals surface area contributed by atoms with E-state index in [0.717, 1.165) is 29.1 Å². The van der Waals surface area contributed by atoms with E-state index in [1.165, 1.54) is 14.2 Å². The van der Waals surface area contributed by atoms with Crippen LogP contribution in [-0.4, -0.2) is 26.2 Å². The summed E-state index contributed by atoms with van der Waals surface area (Å²) in [5, 5.41) is 8.71. The normalized spacial score (nSPS) is 13.7. The van der Waals surface area contributed by atoms with Gasteiger partial charge in [-0.05, 0) is 12.1 Å². The van der Waals surface area contributed by atoms with Crippen molar-refractivity contribution in [2.24, 2.45) is 10.2 Å². The van der Waals surface area contributed by atoms with Gasteiger partial charge in [0.1, 0.15) is 15.5 Å². The van der Waals surface area contributed by atoms with E-state index in [2.05, 4.69) is 10.2 Å². The lowest BCUT2D eigenvalue weighted by Gasteiger charge is -2.05. The monoisotopic (exact) mass is 412 g/mol. The van der Waals surface area contributed by atoms with E-state index in [1.54, 1.807) is 0 Å². The Labute approximate surface area is 170 Å². The summed E-state index contributed by atoms with van der Waals surface area (Å²) in [5.74, 6) is -1.19. The molecule has 0 radical (unpaired) electrons. The molecule has 0 spiro atoms. The zero-order chi connectivity index (χ0) is 19.9. The number of nitrogens with zero attached hydrogens (tertiary/aromatic N) is 2. The predicted octanol–water partition coefficient (Wildman–Crippen LogP) is 5.13. The van der Waals surface area contributed by atoms with Crippen LogP contribution in [0.5, 0.6) is 0 Å². The third-order valence-electron chi connectivity index (χ3n) is 3.60. The van der Waals surface area contributed by atoms with Crippen LogP contribution in [0, 0.1) is 0 Å². The second kappa shape index (κ2) is 9.38. The maximum Gasteiger partial charge on any atom is 0.346 e. The molecular formula is C20H16N2O4S2. The number of azo groups is 1. The summed E-state index contributed by atoms with van der Waals surface area (Å²) in [6, 6.07) is 18.8. The molecule has 2 aromatic carbocycles. The number of benzene rings is 2. The first kappa shape index (κ1) is 19.9. The number of ether oxygens (including phenoxy) is 2. The van der Waals surface area contributed by atoms with E-state index in [9.17, 15) is 9.59 Å². The fourth-order valence-electron chi connectivity index (χ4n) is 2.26. The van der Waals surface area contributed by atoms with E-state index >= 15 is 0 Å². The van der Waals surface area contributed by atoms with Crippen molar-refractivity contribution >= 4 is 46.8 Å². The van der Waals surface area contributed by atoms with Crippen molar-refractivity contribution in [1.82, 2.24) is 0 Å². The van der Waals surface area contributed by atoms with Gasteiger partial charge in [-0.3, -0.25) is 0 Å². The van der Waals surface area contributed by atoms with Gasteiger partial charge in [-0.1, -0.05) is 72.1 Å². The van der Waals surface area contributed by atoms with Gasteiger partial charge in [0, 0.05) is 5.56 Å². The molecule has 1 aliphatic rings. The molecule has 0 unspecified atom stereocenters. The number of carbonyl (C=O) groups excluding carboxylic acids is 2. The third-order valence-corrected chi connectivity index (χ3v) is 6.14. The lowest BCUT2D eigenvalue weighted by Crippen LogP contribution is -2.08. The van der Waals surface area contributed by atoms with E-state index in [-0.39, 0.29) is 9.81 Å². The highest BCUT2D eigenvalue weighted by Gasteiger charge is 2.34. The fourth-order valence-corrected chi connectivity index (χ4v) is 4.75. The van der Waals surface area contributed by atoms with Gasteiger partial charge in [0.05, 0.1) is 24.1 Å². The zero-order valence-electron chi connectivity index (χ0n) is 15.1. The Morgan fingerprint density at radius 2 is 1.29 bits per heavy atom. The van der Waals surface area contributed by atoms with Crippen LogP contribution >= 0.6 is 23.5 Å². The first-order valence-corrected chi connectivity index (χ1v) is 9.80. The van der Waals surface area contributed by atoms with Gasteiger partial charge in [-0.25, -0.2) is 9.59 Å². The van der Waals surface area contributed by atoms with Crippen molar-refractivity contribution < 1.29 is 19.1 Å². The summed E-state index contributed by atoms with van der Waals surface area (Å²) in [7, 11) is 2.54. The third kappa shape index (κ3) is 4.52. The lowest BCUT2D eigenvalue weighted by molar-refractivity contribution is -0.138. The Morgan fingerprint density at radius 3 is 1.79 bits per heavy atom. The molecule has 0 saturated carbocycles. The number of rotatable bonds is 5. The molecule has 6 nitrogen and oxygen atoms in total. The minimum Gasteiger partial charge on any atom is -0.465 e. The fraction of sp³-hybridized carbons (Fsp3) is 0.100. The molecule has 8 heteroatoms. The molecule has 0 aliphatic carbocycles. The molecule has 28 heavy (non-hydrogen) atoms. The van der Waals surface area contributed by atoms with Crippen LogP contribution in [0.4, 0.5) is 5.69 Å². The molecule has 0 atom stereocenters. The number of esters is 2. The summed E-state index contributed by atoms with van der Waals surface area (Å²) < 4.78 is 10.3. The van der Waals surface area contributed by atoms with Crippen LogP contribution in [0.3, 0.4) is 0 Å². The first-order chi connectivity index (χ1) is 13.6. The minimum absolute atomic E-state index is 0.178. The quantitative estimate of drug-likeness (QED) is 0.500. The van der Waals surface area contributed by atoms with E-state index < -0.39 is 11.9 Å². The Hall–Kier alpha value is -2.84. The molecule has 1 heterocycles. The van der Waals surface area contributed by atoms with Crippen LogP contribution in [0.2, 0.25) is 0 Å². The number of thioether (sulfide) groups is 2. The number of hydrogen-bond donors (Lipinski definition) is 0. The predicted molar refractivity (Wildman–Crippen MR) is 111 cm³/mol. The van der Waals surface area contributed by atoms with Crippen LogP contribution in [0.1, 0.15) is 5.56 Å². The van der Waals surface area contributed by atoms with Crippen LogP contribution in [0.25, 0.3) is 5.70 Å². The second-order valence-electron chi connectivity index (χ2n) is 5.38. The number of hydrogen-bond acceptors (Lipinski definition) is 8. The summed E-state index contributed by atoms with van der Waals surface area (Å²) in [5.41, 5.74) is 2.06. The van der Waals surface area contributed by atoms with Gasteiger partial charge in [0.25, 0.3) is 0 Å². The summed E-state index contributed by atoms with van der Waals surface area (Å²) in [6.45, 7) is 0. The van der Waals surface area contributed by atoms with Gasteiger partial charge < -0.3 is 9.47 Å². The topological polar surface area (TPSA) is 77.3 Å². The Balaban J connectivity index is 2.05. The molecule has 0 saturated heterocycles. The highest BCUT2D eigenvalue weighted by molar-refractivity contribution is 8.29. The Kier molecular flexibility index (Phi) is 6.67. The van der Waals surface area contributed by atoms with Gasteiger partial charge in [-0.2, -0.15) is 5.11 Å². The average molecular weight is 412 g/mol. The maximum atomic E-state index is 12.1. The number of methoxy groups -OCH3 is 2. The smallest absolute Gasteiger partial charge is 0.346 e. The minimum atomic E-state index is -0.597.